The SMILES string of the molecule is Nc1ncnc2c1c(-c1cc(O)cc(F)c1)nn2Cc1c(N2CCCC2)nc2ccccn12. The first-order valence-corrected chi connectivity index (χ1v) is 10.8. The van der Waals surface area contributed by atoms with E-state index in [-0.39, 0.29) is 11.6 Å². The number of imidazole rings is 1. The molecule has 1 saturated heterocycles. The third kappa shape index (κ3) is 3.22. The smallest absolute Gasteiger partial charge is 0.164 e. The highest BCUT2D eigenvalue weighted by Crippen LogP contribution is 2.34. The van der Waals surface area contributed by atoms with Crippen LogP contribution in [0.2, 0.25) is 0 Å². The van der Waals surface area contributed by atoms with Crippen LogP contribution in [0.25, 0.3) is 27.9 Å². The van der Waals surface area contributed by atoms with Crippen LogP contribution in [0.15, 0.2) is 48.9 Å². The number of hydrogen-bond donors (Lipinski definition) is 2. The summed E-state index contributed by atoms with van der Waals surface area (Å²) in [4.78, 5) is 15.7. The van der Waals surface area contributed by atoms with Crippen molar-refractivity contribution < 1.29 is 9.50 Å². The Kier molecular flexibility index (Phi) is 4.39. The number of aromatic nitrogens is 6. The van der Waals surface area contributed by atoms with Gasteiger partial charge in [-0.25, -0.2) is 24.0 Å². The summed E-state index contributed by atoms with van der Waals surface area (Å²) in [5, 5.41) is 15.2. The number of phenolic OH excluding ortho intramolecular Hbond substituents is 1. The first-order chi connectivity index (χ1) is 16.1. The van der Waals surface area contributed by atoms with Gasteiger partial charge in [0, 0.05) is 30.9 Å². The maximum atomic E-state index is 14.1. The van der Waals surface area contributed by atoms with Crippen LogP contribution in [0.1, 0.15) is 18.5 Å². The summed E-state index contributed by atoms with van der Waals surface area (Å²) < 4.78 is 17.8. The third-order valence-electron chi connectivity index (χ3n) is 6.03. The Hall–Kier alpha value is -4.21. The van der Waals surface area contributed by atoms with Crippen LogP contribution in [0.4, 0.5) is 16.0 Å². The van der Waals surface area contributed by atoms with Gasteiger partial charge in [0.2, 0.25) is 0 Å². The maximum Gasteiger partial charge on any atom is 0.164 e. The number of nitrogen functional groups attached to an aromatic ring is 1. The molecule has 1 aliphatic heterocycles. The van der Waals surface area contributed by atoms with Crippen molar-refractivity contribution in [2.24, 2.45) is 0 Å². The number of nitrogens with zero attached hydrogens (tertiary/aromatic N) is 7. The molecule has 9 nitrogen and oxygen atoms in total. The van der Waals surface area contributed by atoms with Crippen molar-refractivity contribution in [3.63, 3.8) is 0 Å². The number of hydrogen-bond acceptors (Lipinski definition) is 7. The number of fused-ring (bicyclic) bond motifs is 2. The Bertz CT molecular complexity index is 1480. The van der Waals surface area contributed by atoms with Crippen LogP contribution >= 0.6 is 0 Å². The Morgan fingerprint density at radius 1 is 1.09 bits per heavy atom. The molecule has 1 fully saturated rings. The fourth-order valence-corrected chi connectivity index (χ4v) is 4.56. The summed E-state index contributed by atoms with van der Waals surface area (Å²) in [7, 11) is 0. The van der Waals surface area contributed by atoms with E-state index in [4.69, 9.17) is 15.8 Å². The normalized spacial score (nSPS) is 14.0. The molecule has 0 amide bonds. The summed E-state index contributed by atoms with van der Waals surface area (Å²) in [6.07, 6.45) is 5.64. The Morgan fingerprint density at radius 3 is 2.76 bits per heavy atom. The molecule has 3 N–H and O–H groups in total. The predicted molar refractivity (Wildman–Crippen MR) is 123 cm³/mol. The molecule has 10 heteroatoms. The molecule has 0 aliphatic carbocycles. The van der Waals surface area contributed by atoms with Crippen LogP contribution in [-0.4, -0.2) is 47.3 Å². The molecule has 0 unspecified atom stereocenters. The van der Waals surface area contributed by atoms with Gasteiger partial charge in [-0.2, -0.15) is 5.10 Å². The molecule has 5 heterocycles. The van der Waals surface area contributed by atoms with Gasteiger partial charge in [-0.05, 0) is 37.1 Å². The van der Waals surface area contributed by atoms with E-state index in [9.17, 15) is 9.50 Å². The van der Waals surface area contributed by atoms with Gasteiger partial charge in [0.1, 0.15) is 35.1 Å². The van der Waals surface area contributed by atoms with Crippen molar-refractivity contribution >= 4 is 28.3 Å². The monoisotopic (exact) mass is 444 g/mol. The summed E-state index contributed by atoms with van der Waals surface area (Å²) in [5.74, 6) is 0.402. The van der Waals surface area contributed by atoms with Crippen molar-refractivity contribution in [1.82, 2.24) is 29.1 Å². The van der Waals surface area contributed by atoms with E-state index in [1.165, 1.54) is 18.5 Å². The summed E-state index contributed by atoms with van der Waals surface area (Å²) >= 11 is 0. The summed E-state index contributed by atoms with van der Waals surface area (Å²) in [5.41, 5.74) is 9.36. The standard InChI is InChI=1S/C23H21FN8O/c24-15-9-14(10-16(33)11-15)20-19-21(25)26-13-27-23(19)32(29-20)12-17-22(30-6-3-4-7-30)28-18-5-1-2-8-31(17)18/h1-2,5,8-11,13,33H,3-4,6-7,12H2,(H2,25,26,27). The third-order valence-corrected chi connectivity index (χ3v) is 6.03. The second-order valence-corrected chi connectivity index (χ2v) is 8.17. The van der Waals surface area contributed by atoms with Crippen LogP contribution in [-0.2, 0) is 6.54 Å². The minimum Gasteiger partial charge on any atom is -0.508 e. The average molecular weight is 444 g/mol. The lowest BCUT2D eigenvalue weighted by atomic mass is 10.1. The van der Waals surface area contributed by atoms with Crippen LogP contribution in [0, 0.1) is 5.82 Å². The topological polar surface area (TPSA) is 110 Å². The number of anilines is 2. The van der Waals surface area contributed by atoms with Gasteiger partial charge in [-0.1, -0.05) is 6.07 Å². The second-order valence-electron chi connectivity index (χ2n) is 8.17. The molecule has 33 heavy (non-hydrogen) atoms. The largest absolute Gasteiger partial charge is 0.508 e. The molecule has 0 saturated carbocycles. The number of phenols is 1. The summed E-state index contributed by atoms with van der Waals surface area (Å²) in [6, 6.07) is 9.71. The number of halogens is 1. The molecule has 0 bridgehead atoms. The number of pyridine rings is 1. The van der Waals surface area contributed by atoms with E-state index < -0.39 is 5.82 Å². The van der Waals surface area contributed by atoms with Crippen molar-refractivity contribution in [1.29, 1.82) is 0 Å². The fraction of sp³-hybridized carbons (Fsp3) is 0.217. The van der Waals surface area contributed by atoms with Gasteiger partial charge < -0.3 is 15.7 Å². The van der Waals surface area contributed by atoms with E-state index in [0.29, 0.717) is 28.8 Å². The lowest BCUT2D eigenvalue weighted by molar-refractivity contribution is 0.469. The van der Waals surface area contributed by atoms with Gasteiger partial charge >= 0.3 is 0 Å². The van der Waals surface area contributed by atoms with Gasteiger partial charge in [-0.3, -0.25) is 4.40 Å². The van der Waals surface area contributed by atoms with Gasteiger partial charge in [0.15, 0.2) is 11.5 Å². The number of rotatable bonds is 4. The quantitative estimate of drug-likeness (QED) is 0.438. The number of aromatic hydroxyl groups is 1. The zero-order chi connectivity index (χ0) is 22.5. The molecule has 5 aromatic rings. The molecule has 4 aromatic heterocycles. The van der Waals surface area contributed by atoms with Gasteiger partial charge in [0.25, 0.3) is 0 Å². The van der Waals surface area contributed by atoms with Crippen LogP contribution < -0.4 is 10.6 Å². The van der Waals surface area contributed by atoms with E-state index in [1.807, 2.05) is 24.4 Å². The average Bonchev–Trinajstić information content (AvgIpc) is 3.52. The highest BCUT2D eigenvalue weighted by atomic mass is 19.1. The highest BCUT2D eigenvalue weighted by molar-refractivity contribution is 5.98. The van der Waals surface area contributed by atoms with E-state index in [1.54, 1.807) is 4.68 Å². The van der Waals surface area contributed by atoms with Crippen molar-refractivity contribution in [2.75, 3.05) is 23.7 Å². The second kappa shape index (κ2) is 7.44. The van der Waals surface area contributed by atoms with E-state index in [0.717, 1.165) is 49.2 Å². The van der Waals surface area contributed by atoms with E-state index >= 15 is 0 Å². The molecule has 1 aliphatic rings. The first kappa shape index (κ1) is 19.5. The van der Waals surface area contributed by atoms with Crippen LogP contribution in [0.5, 0.6) is 5.75 Å². The summed E-state index contributed by atoms with van der Waals surface area (Å²) in [6.45, 7) is 2.30. The lowest BCUT2D eigenvalue weighted by Crippen LogP contribution is -2.20. The number of nitrogens with two attached hydrogens (primary N) is 1. The molecule has 1 aromatic carbocycles. The predicted octanol–water partition coefficient (Wildman–Crippen LogP) is 3.22. The van der Waals surface area contributed by atoms with Crippen molar-refractivity contribution in [3.05, 3.63) is 60.4 Å². The molecule has 0 radical (unpaired) electrons. The van der Waals surface area contributed by atoms with Crippen molar-refractivity contribution in [3.8, 4) is 17.0 Å². The number of benzene rings is 1. The fourth-order valence-electron chi connectivity index (χ4n) is 4.56. The Balaban J connectivity index is 1.55. The molecular formula is C23H21FN8O. The molecule has 166 valence electrons. The van der Waals surface area contributed by atoms with Gasteiger partial charge in [-0.15, -0.1) is 0 Å². The molecule has 6 rings (SSSR count). The highest BCUT2D eigenvalue weighted by Gasteiger charge is 2.24. The Labute approximate surface area is 187 Å². The molecule has 0 spiro atoms. The van der Waals surface area contributed by atoms with Gasteiger partial charge in [0.05, 0.1) is 17.6 Å². The van der Waals surface area contributed by atoms with Crippen molar-refractivity contribution in [2.45, 2.75) is 19.4 Å². The zero-order valence-electron chi connectivity index (χ0n) is 17.7. The first-order valence-electron chi connectivity index (χ1n) is 10.8. The van der Waals surface area contributed by atoms with Crippen LogP contribution in [0.3, 0.4) is 0 Å². The Morgan fingerprint density at radius 2 is 1.94 bits per heavy atom. The lowest BCUT2D eigenvalue weighted by Gasteiger charge is -2.16. The zero-order valence-corrected chi connectivity index (χ0v) is 17.7. The maximum absolute atomic E-state index is 14.1. The molecular weight excluding hydrogens is 423 g/mol. The molecule has 0 atom stereocenters. The van der Waals surface area contributed by atoms with E-state index in [2.05, 4.69) is 19.3 Å². The minimum atomic E-state index is -0.568. The minimum absolute atomic E-state index is 0.193.